The molecule has 1 heterocycles. The van der Waals surface area contributed by atoms with Crippen LogP contribution in [-0.4, -0.2) is 54.2 Å². The van der Waals surface area contributed by atoms with Gasteiger partial charge in [-0.2, -0.15) is 0 Å². The lowest BCUT2D eigenvalue weighted by molar-refractivity contribution is -0.209. The van der Waals surface area contributed by atoms with Crippen molar-refractivity contribution in [3.05, 3.63) is 45.0 Å². The van der Waals surface area contributed by atoms with E-state index in [9.17, 15) is 9.59 Å². The van der Waals surface area contributed by atoms with Gasteiger partial charge in [-0.1, -0.05) is 6.07 Å². The van der Waals surface area contributed by atoms with E-state index in [0.29, 0.717) is 23.0 Å². The number of fused-ring (bicyclic) bond motifs is 1. The molecule has 7 nitrogen and oxygen atoms in total. The van der Waals surface area contributed by atoms with Crippen LogP contribution in [0, 0.1) is 15.4 Å². The van der Waals surface area contributed by atoms with Gasteiger partial charge in [0.2, 0.25) is 5.91 Å². The lowest BCUT2D eigenvalue weighted by Gasteiger charge is -2.31. The molecule has 0 aromatic heterocycles. The van der Waals surface area contributed by atoms with Gasteiger partial charge in [-0.3, -0.25) is 4.79 Å². The maximum atomic E-state index is 12.9. The second-order valence-corrected chi connectivity index (χ2v) is 10.0. The molecule has 8 heteroatoms. The van der Waals surface area contributed by atoms with Crippen molar-refractivity contribution in [3.8, 4) is 0 Å². The van der Waals surface area contributed by atoms with E-state index in [1.807, 2.05) is 18.2 Å². The molecular weight excluding hydrogens is 513 g/mol. The van der Waals surface area contributed by atoms with Crippen LogP contribution in [0.25, 0.3) is 0 Å². The summed E-state index contributed by atoms with van der Waals surface area (Å²) < 4.78 is 19.9. The third-order valence-electron chi connectivity index (χ3n) is 6.42. The van der Waals surface area contributed by atoms with Crippen molar-refractivity contribution in [2.45, 2.75) is 56.2 Å². The zero-order chi connectivity index (χ0) is 21.6. The second-order valence-electron chi connectivity index (χ2n) is 8.76. The van der Waals surface area contributed by atoms with Gasteiger partial charge in [0, 0.05) is 33.9 Å². The van der Waals surface area contributed by atoms with E-state index in [1.165, 1.54) is 0 Å². The van der Waals surface area contributed by atoms with Crippen LogP contribution in [0.3, 0.4) is 0 Å². The Labute approximate surface area is 194 Å². The zero-order valence-corrected chi connectivity index (χ0v) is 19.2. The standard InChI is InChI=1S/C23H26INO6/c24-17-3-1-2-13(10-17)22(28)29-18-11-14(21(27)25-8-9-26)12-19-20(18)31-23(30-19,15-4-5-15)16-6-7-16/h1-3,10,12,15-16,18-20,26H,4-9,11H2,(H,25,27). The van der Waals surface area contributed by atoms with Crippen LogP contribution in [0.5, 0.6) is 0 Å². The van der Waals surface area contributed by atoms with Crippen molar-refractivity contribution in [2.75, 3.05) is 13.2 Å². The number of benzene rings is 1. The average Bonchev–Trinajstić information content (AvgIpc) is 3.68. The normalized spacial score (nSPS) is 29.1. The number of aliphatic hydroxyl groups excluding tert-OH is 1. The van der Waals surface area contributed by atoms with Gasteiger partial charge in [0.1, 0.15) is 18.3 Å². The summed E-state index contributed by atoms with van der Waals surface area (Å²) in [6.07, 6.45) is 4.91. The molecule has 1 aromatic rings. The molecule has 3 aliphatic carbocycles. The van der Waals surface area contributed by atoms with Crippen molar-refractivity contribution < 1.29 is 28.9 Å². The van der Waals surface area contributed by atoms with E-state index in [2.05, 4.69) is 27.9 Å². The predicted octanol–water partition coefficient (Wildman–Crippen LogP) is 2.56. The molecule has 2 N–H and O–H groups in total. The fourth-order valence-corrected chi connectivity index (χ4v) is 5.22. The first kappa shape index (κ1) is 21.4. The fourth-order valence-electron chi connectivity index (χ4n) is 4.67. The van der Waals surface area contributed by atoms with E-state index in [1.54, 1.807) is 12.1 Å². The molecule has 4 aliphatic rings. The van der Waals surface area contributed by atoms with Gasteiger partial charge in [0.05, 0.1) is 12.2 Å². The van der Waals surface area contributed by atoms with Crippen LogP contribution in [-0.2, 0) is 19.0 Å². The minimum atomic E-state index is -0.616. The zero-order valence-electron chi connectivity index (χ0n) is 17.1. The highest BCUT2D eigenvalue weighted by molar-refractivity contribution is 14.1. The molecule has 2 saturated carbocycles. The van der Waals surface area contributed by atoms with Crippen molar-refractivity contribution in [3.63, 3.8) is 0 Å². The summed E-state index contributed by atoms with van der Waals surface area (Å²) in [5.41, 5.74) is 0.972. The Bertz CT molecular complexity index is 897. The molecule has 1 saturated heterocycles. The number of esters is 1. The first-order valence-corrected chi connectivity index (χ1v) is 12.0. The van der Waals surface area contributed by atoms with Crippen molar-refractivity contribution >= 4 is 34.5 Å². The third-order valence-corrected chi connectivity index (χ3v) is 7.09. The molecule has 3 unspecified atom stereocenters. The highest BCUT2D eigenvalue weighted by atomic mass is 127. The summed E-state index contributed by atoms with van der Waals surface area (Å²) in [4.78, 5) is 25.5. The topological polar surface area (TPSA) is 94.1 Å². The Kier molecular flexibility index (Phi) is 5.83. The lowest BCUT2D eigenvalue weighted by atomic mass is 9.91. The number of hydrogen-bond acceptors (Lipinski definition) is 6. The largest absolute Gasteiger partial charge is 0.456 e. The molecule has 166 valence electrons. The predicted molar refractivity (Wildman–Crippen MR) is 119 cm³/mol. The molecule has 0 spiro atoms. The molecule has 5 rings (SSSR count). The quantitative estimate of drug-likeness (QED) is 0.409. The number of carbonyl (C=O) groups is 2. The third kappa shape index (κ3) is 4.27. The molecule has 1 amide bonds. The Hall–Kier alpha value is -1.49. The molecule has 31 heavy (non-hydrogen) atoms. The Morgan fingerprint density at radius 3 is 2.58 bits per heavy atom. The minimum Gasteiger partial charge on any atom is -0.456 e. The number of aliphatic hydroxyl groups is 1. The first-order valence-electron chi connectivity index (χ1n) is 10.9. The van der Waals surface area contributed by atoms with Gasteiger partial charge in [0.25, 0.3) is 0 Å². The summed E-state index contributed by atoms with van der Waals surface area (Å²) in [6.45, 7) is 0.0326. The van der Waals surface area contributed by atoms with Crippen LogP contribution >= 0.6 is 22.6 Å². The maximum Gasteiger partial charge on any atom is 0.338 e. The average molecular weight is 539 g/mol. The monoisotopic (exact) mass is 539 g/mol. The van der Waals surface area contributed by atoms with Crippen molar-refractivity contribution in [1.29, 1.82) is 0 Å². The molecule has 0 radical (unpaired) electrons. The number of carbonyl (C=O) groups excluding carboxylic acids is 2. The van der Waals surface area contributed by atoms with Crippen molar-refractivity contribution in [2.24, 2.45) is 11.8 Å². The SMILES string of the molecule is O=C(NCCO)C1=CC2OC(C3CC3)(C3CC3)OC2C(OC(=O)c2cccc(I)c2)C1. The fraction of sp³-hybridized carbons (Fsp3) is 0.565. The lowest BCUT2D eigenvalue weighted by Crippen LogP contribution is -2.44. The van der Waals surface area contributed by atoms with Crippen molar-refractivity contribution in [1.82, 2.24) is 5.32 Å². The molecule has 1 aromatic carbocycles. The Balaban J connectivity index is 1.40. The summed E-state index contributed by atoms with van der Waals surface area (Å²) in [7, 11) is 0. The number of hydrogen-bond donors (Lipinski definition) is 2. The van der Waals surface area contributed by atoms with Gasteiger partial charge >= 0.3 is 5.97 Å². The Morgan fingerprint density at radius 2 is 1.94 bits per heavy atom. The number of rotatable bonds is 7. The van der Waals surface area contributed by atoms with Gasteiger partial charge in [-0.25, -0.2) is 4.79 Å². The molecule has 3 fully saturated rings. The van der Waals surface area contributed by atoms with Crippen LogP contribution in [0.2, 0.25) is 0 Å². The molecule has 0 bridgehead atoms. The van der Waals surface area contributed by atoms with Gasteiger partial charge in [-0.15, -0.1) is 0 Å². The van der Waals surface area contributed by atoms with Crippen LogP contribution in [0.15, 0.2) is 35.9 Å². The summed E-state index contributed by atoms with van der Waals surface area (Å²) in [6, 6.07) is 7.22. The summed E-state index contributed by atoms with van der Waals surface area (Å²) >= 11 is 2.16. The maximum absolute atomic E-state index is 12.9. The number of halogens is 1. The highest BCUT2D eigenvalue weighted by Crippen LogP contribution is 2.59. The van der Waals surface area contributed by atoms with Gasteiger partial charge in [0.15, 0.2) is 5.79 Å². The molecule has 3 atom stereocenters. The number of amides is 1. The summed E-state index contributed by atoms with van der Waals surface area (Å²) in [5, 5.41) is 11.7. The highest BCUT2D eigenvalue weighted by Gasteiger charge is 2.64. The van der Waals surface area contributed by atoms with E-state index < -0.39 is 30.1 Å². The van der Waals surface area contributed by atoms with Crippen LogP contribution in [0.1, 0.15) is 42.5 Å². The molecule has 1 aliphatic heterocycles. The van der Waals surface area contributed by atoms with Crippen LogP contribution in [0.4, 0.5) is 0 Å². The van der Waals surface area contributed by atoms with Crippen LogP contribution < -0.4 is 5.32 Å². The number of nitrogens with one attached hydrogen (secondary N) is 1. The van der Waals surface area contributed by atoms with E-state index in [-0.39, 0.29) is 25.5 Å². The van der Waals surface area contributed by atoms with Gasteiger partial charge < -0.3 is 24.6 Å². The smallest absolute Gasteiger partial charge is 0.338 e. The van der Waals surface area contributed by atoms with E-state index in [0.717, 1.165) is 29.3 Å². The number of ether oxygens (including phenoxy) is 3. The van der Waals surface area contributed by atoms with Gasteiger partial charge in [-0.05, 0) is 72.5 Å². The van der Waals surface area contributed by atoms with E-state index in [4.69, 9.17) is 19.3 Å². The minimum absolute atomic E-state index is 0.137. The summed E-state index contributed by atoms with van der Waals surface area (Å²) in [5.74, 6) is -0.578. The first-order chi connectivity index (χ1) is 15.0. The van der Waals surface area contributed by atoms with E-state index >= 15 is 0 Å². The second kappa shape index (κ2) is 8.46. The molecular formula is C23H26INO6. The Morgan fingerprint density at radius 1 is 1.19 bits per heavy atom.